The second-order valence-electron chi connectivity index (χ2n) is 5.91. The Kier molecular flexibility index (Phi) is 18.8. The highest BCUT2D eigenvalue weighted by atomic mass is 17.5. The first kappa shape index (κ1) is 27.5. The number of carbonyl (C=O) groups excluding carboxylic acids is 2. The van der Waals surface area contributed by atoms with E-state index in [2.05, 4.69) is 38.4 Å². The average molecular weight is 426 g/mol. The van der Waals surface area contributed by atoms with Crippen LogP contribution in [0.1, 0.15) is 66.2 Å². The van der Waals surface area contributed by atoms with Gasteiger partial charge in [-0.3, -0.25) is 0 Å². The third-order valence-electron chi connectivity index (χ3n) is 3.54. The van der Waals surface area contributed by atoms with E-state index in [1.807, 2.05) is 13.8 Å². The lowest BCUT2D eigenvalue weighted by atomic mass is 10.2. The first-order valence-electron chi connectivity index (χ1n) is 9.98. The molecular formula is C18H34O11. The fourth-order valence-corrected chi connectivity index (χ4v) is 2.18. The molecular weight excluding hydrogens is 392 g/mol. The maximum Gasteiger partial charge on any atom is 0.553 e. The molecule has 0 saturated carbocycles. The van der Waals surface area contributed by atoms with Gasteiger partial charge in [0.05, 0.1) is 12.2 Å². The van der Waals surface area contributed by atoms with Gasteiger partial charge in [-0.2, -0.15) is 19.4 Å². The second-order valence-corrected chi connectivity index (χ2v) is 5.91. The average Bonchev–Trinajstić information content (AvgIpc) is 2.70. The molecule has 0 rings (SSSR count). The van der Waals surface area contributed by atoms with Crippen molar-refractivity contribution < 1.29 is 53.4 Å². The van der Waals surface area contributed by atoms with Crippen LogP contribution >= 0.6 is 0 Å². The molecule has 0 aromatic rings. The molecule has 29 heavy (non-hydrogen) atoms. The zero-order chi connectivity index (χ0) is 21.7. The van der Waals surface area contributed by atoms with Gasteiger partial charge in [0.15, 0.2) is 0 Å². The van der Waals surface area contributed by atoms with Crippen molar-refractivity contribution in [1.29, 1.82) is 0 Å². The second kappa shape index (κ2) is 19.8. The molecule has 0 aliphatic rings. The molecule has 0 fully saturated rings. The summed E-state index contributed by atoms with van der Waals surface area (Å²) in [4.78, 5) is 40.1. The van der Waals surface area contributed by atoms with Gasteiger partial charge in [0.2, 0.25) is 0 Å². The van der Waals surface area contributed by atoms with Gasteiger partial charge in [-0.05, 0) is 36.8 Å². The van der Waals surface area contributed by atoms with Crippen LogP contribution in [0.2, 0.25) is 0 Å². The van der Waals surface area contributed by atoms with E-state index in [0.29, 0.717) is 13.2 Å². The van der Waals surface area contributed by atoms with Crippen LogP contribution in [-0.4, -0.2) is 50.9 Å². The standard InChI is InChI=1S/C18H34O11/c1-5-9-11-15(21-7-3)13-23-28-26-17(19)25-18(20)27-29-24-14-16(22-8-4)12-10-6-2/h15-16H,5-14H2,1-4H3. The van der Waals surface area contributed by atoms with E-state index < -0.39 is 12.3 Å². The summed E-state index contributed by atoms with van der Waals surface area (Å²) >= 11 is 0. The number of unbranched alkanes of at least 4 members (excludes halogenated alkanes) is 2. The summed E-state index contributed by atoms with van der Waals surface area (Å²) in [5.41, 5.74) is 0. The van der Waals surface area contributed by atoms with Crippen LogP contribution in [0.3, 0.4) is 0 Å². The summed E-state index contributed by atoms with van der Waals surface area (Å²) in [5.74, 6) is 0. The van der Waals surface area contributed by atoms with E-state index >= 15 is 0 Å². The van der Waals surface area contributed by atoms with Gasteiger partial charge in [0.1, 0.15) is 13.2 Å². The number of rotatable bonds is 18. The first-order chi connectivity index (χ1) is 14.1. The van der Waals surface area contributed by atoms with Gasteiger partial charge in [-0.25, -0.2) is 9.78 Å². The molecule has 2 atom stereocenters. The summed E-state index contributed by atoms with van der Waals surface area (Å²) in [6, 6.07) is 0. The van der Waals surface area contributed by atoms with E-state index in [4.69, 9.17) is 19.2 Å². The topological polar surface area (TPSA) is 117 Å². The lowest BCUT2D eigenvalue weighted by Gasteiger charge is -2.15. The number of ether oxygens (including phenoxy) is 3. The molecule has 0 radical (unpaired) electrons. The predicted octanol–water partition coefficient (Wildman–Crippen LogP) is 4.19. The van der Waals surface area contributed by atoms with Crippen molar-refractivity contribution in [2.75, 3.05) is 26.4 Å². The Morgan fingerprint density at radius 3 is 1.45 bits per heavy atom. The Balaban J connectivity index is 3.83. The molecule has 0 aliphatic carbocycles. The van der Waals surface area contributed by atoms with Crippen molar-refractivity contribution in [2.45, 2.75) is 78.4 Å². The zero-order valence-electron chi connectivity index (χ0n) is 17.7. The van der Waals surface area contributed by atoms with Gasteiger partial charge in [0.25, 0.3) is 0 Å². The van der Waals surface area contributed by atoms with Crippen LogP contribution in [0.5, 0.6) is 0 Å². The van der Waals surface area contributed by atoms with Crippen molar-refractivity contribution in [3.8, 4) is 0 Å². The molecule has 0 bridgehead atoms. The third kappa shape index (κ3) is 17.1. The number of hydrogen-bond acceptors (Lipinski definition) is 11. The quantitative estimate of drug-likeness (QED) is 0.103. The summed E-state index contributed by atoms with van der Waals surface area (Å²) in [6.45, 7) is 8.93. The van der Waals surface area contributed by atoms with Crippen molar-refractivity contribution in [1.82, 2.24) is 0 Å². The SMILES string of the molecule is CCCCC(COOOC(=O)OC(=O)OOOCC(CCCC)OCC)OCC. The van der Waals surface area contributed by atoms with Gasteiger partial charge < -0.3 is 14.2 Å². The lowest BCUT2D eigenvalue weighted by molar-refractivity contribution is -0.497. The van der Waals surface area contributed by atoms with Crippen molar-refractivity contribution in [3.05, 3.63) is 0 Å². The predicted molar refractivity (Wildman–Crippen MR) is 98.0 cm³/mol. The van der Waals surface area contributed by atoms with Crippen molar-refractivity contribution in [3.63, 3.8) is 0 Å². The molecule has 0 heterocycles. The first-order valence-corrected chi connectivity index (χ1v) is 9.98. The minimum absolute atomic E-state index is 0.0432. The van der Waals surface area contributed by atoms with E-state index in [1.54, 1.807) is 0 Å². The number of hydrogen-bond donors (Lipinski definition) is 0. The maximum atomic E-state index is 11.2. The van der Waals surface area contributed by atoms with E-state index in [1.165, 1.54) is 0 Å². The normalized spacial score (nSPS) is 13.0. The van der Waals surface area contributed by atoms with Crippen molar-refractivity contribution in [2.24, 2.45) is 0 Å². The highest BCUT2D eigenvalue weighted by Gasteiger charge is 2.18. The summed E-state index contributed by atoms with van der Waals surface area (Å²) in [6.07, 6.45) is 2.04. The molecule has 0 aromatic carbocycles. The smallest absolute Gasteiger partial charge is 0.376 e. The Morgan fingerprint density at radius 2 is 1.10 bits per heavy atom. The highest BCUT2D eigenvalue weighted by molar-refractivity contribution is 5.76. The highest BCUT2D eigenvalue weighted by Crippen LogP contribution is 2.07. The van der Waals surface area contributed by atoms with Gasteiger partial charge in [-0.1, -0.05) is 39.5 Å². The number of carbonyl (C=O) groups is 2. The molecule has 11 nitrogen and oxygen atoms in total. The minimum atomic E-state index is -1.50. The maximum absolute atomic E-state index is 11.2. The van der Waals surface area contributed by atoms with E-state index in [-0.39, 0.29) is 25.4 Å². The monoisotopic (exact) mass is 426 g/mol. The molecule has 0 saturated heterocycles. The fourth-order valence-electron chi connectivity index (χ4n) is 2.18. The molecule has 172 valence electrons. The third-order valence-corrected chi connectivity index (χ3v) is 3.54. The fraction of sp³-hybridized carbons (Fsp3) is 0.889. The van der Waals surface area contributed by atoms with E-state index in [0.717, 1.165) is 38.5 Å². The summed E-state index contributed by atoms with van der Waals surface area (Å²) < 4.78 is 15.0. The van der Waals surface area contributed by atoms with Crippen molar-refractivity contribution >= 4 is 12.3 Å². The Labute approximate surface area is 171 Å². The molecule has 0 aromatic heterocycles. The van der Waals surface area contributed by atoms with Gasteiger partial charge in [-0.15, -0.1) is 0 Å². The molecule has 0 spiro atoms. The summed E-state index contributed by atoms with van der Waals surface area (Å²) in [5, 5.41) is 8.45. The van der Waals surface area contributed by atoms with Gasteiger partial charge >= 0.3 is 12.3 Å². The van der Waals surface area contributed by atoms with Crippen LogP contribution in [0.4, 0.5) is 9.59 Å². The van der Waals surface area contributed by atoms with Crippen LogP contribution in [-0.2, 0) is 43.8 Å². The van der Waals surface area contributed by atoms with Crippen LogP contribution in [0, 0.1) is 0 Å². The Morgan fingerprint density at radius 1 is 0.690 bits per heavy atom. The minimum Gasteiger partial charge on any atom is -0.376 e. The lowest BCUT2D eigenvalue weighted by Crippen LogP contribution is -2.22. The molecule has 0 N–H and O–H groups in total. The van der Waals surface area contributed by atoms with Crippen LogP contribution in [0.25, 0.3) is 0 Å². The molecule has 0 amide bonds. The summed E-state index contributed by atoms with van der Waals surface area (Å²) in [7, 11) is 0. The van der Waals surface area contributed by atoms with Crippen LogP contribution in [0.15, 0.2) is 0 Å². The Bertz CT molecular complexity index is 369. The van der Waals surface area contributed by atoms with Crippen LogP contribution < -0.4 is 0 Å². The molecule has 11 heteroatoms. The van der Waals surface area contributed by atoms with E-state index in [9.17, 15) is 9.59 Å². The Hall–Kier alpha value is -1.50. The largest absolute Gasteiger partial charge is 0.553 e. The zero-order valence-corrected chi connectivity index (χ0v) is 17.7. The molecule has 0 aliphatic heterocycles. The van der Waals surface area contributed by atoms with Gasteiger partial charge in [0, 0.05) is 13.2 Å². The molecule has 2 unspecified atom stereocenters.